The van der Waals surface area contributed by atoms with Crippen LogP contribution in [0, 0.1) is 0 Å². The molecule has 11 nitrogen and oxygen atoms in total. The van der Waals surface area contributed by atoms with Gasteiger partial charge in [-0.2, -0.15) is 0 Å². The highest BCUT2D eigenvalue weighted by Gasteiger charge is 2.42. The molecule has 0 aromatic heterocycles. The van der Waals surface area contributed by atoms with Crippen molar-refractivity contribution in [1.29, 1.82) is 0 Å². The van der Waals surface area contributed by atoms with E-state index < -0.39 is 40.7 Å². The van der Waals surface area contributed by atoms with E-state index in [0.29, 0.717) is 5.82 Å². The maximum absolute atomic E-state index is 13.7. The highest BCUT2D eigenvalue weighted by molar-refractivity contribution is 6.12. The maximum atomic E-state index is 13.7. The third-order valence-corrected chi connectivity index (χ3v) is 5.83. The summed E-state index contributed by atoms with van der Waals surface area (Å²) in [5.41, 5.74) is -1.41. The molecule has 0 saturated carbocycles. The summed E-state index contributed by atoms with van der Waals surface area (Å²) in [6, 6.07) is 8.26. The van der Waals surface area contributed by atoms with Gasteiger partial charge in [0.15, 0.2) is 5.76 Å². The quantitative estimate of drug-likeness (QED) is 0.196. The van der Waals surface area contributed by atoms with E-state index in [1.54, 1.807) is 42.7 Å². The van der Waals surface area contributed by atoms with Gasteiger partial charge < -0.3 is 33.5 Å². The molecule has 1 aromatic carbocycles. The van der Waals surface area contributed by atoms with Gasteiger partial charge in [-0.25, -0.2) is 19.2 Å². The number of hydrogen-bond donors (Lipinski definition) is 0. The van der Waals surface area contributed by atoms with E-state index in [9.17, 15) is 19.2 Å². The molecular weight excluding hydrogens is 532 g/mol. The summed E-state index contributed by atoms with van der Waals surface area (Å²) in [6.07, 6.45) is 4.35. The third-order valence-electron chi connectivity index (χ3n) is 5.83. The first-order valence-electron chi connectivity index (χ1n) is 12.7. The summed E-state index contributed by atoms with van der Waals surface area (Å²) in [4.78, 5) is 55.8. The molecule has 0 saturated heterocycles. The average molecular weight is 571 g/mol. The van der Waals surface area contributed by atoms with Gasteiger partial charge in [0.25, 0.3) is 0 Å². The van der Waals surface area contributed by atoms with Gasteiger partial charge in [-0.15, -0.1) is 0 Å². The fraction of sp³-hybridized carbons (Fsp3) is 0.400. The Morgan fingerprint density at radius 2 is 1.17 bits per heavy atom. The van der Waals surface area contributed by atoms with Crippen LogP contribution in [-0.4, -0.2) is 73.2 Å². The molecule has 0 radical (unpaired) electrons. The molecule has 0 spiro atoms. The summed E-state index contributed by atoms with van der Waals surface area (Å²) in [5, 5.41) is 0. The van der Waals surface area contributed by atoms with Crippen LogP contribution in [0.3, 0.4) is 0 Å². The predicted octanol–water partition coefficient (Wildman–Crippen LogP) is 3.89. The van der Waals surface area contributed by atoms with Crippen molar-refractivity contribution < 1.29 is 42.9 Å². The number of hydrogen-bond acceptors (Lipinski definition) is 11. The highest BCUT2D eigenvalue weighted by atomic mass is 16.6. The van der Waals surface area contributed by atoms with Crippen LogP contribution in [0.5, 0.6) is 0 Å². The van der Waals surface area contributed by atoms with Crippen molar-refractivity contribution in [2.75, 3.05) is 28.4 Å². The van der Waals surface area contributed by atoms with Crippen molar-refractivity contribution in [2.24, 2.45) is 0 Å². The third kappa shape index (κ3) is 7.56. The molecule has 11 heteroatoms. The minimum Gasteiger partial charge on any atom is -0.466 e. The largest absolute Gasteiger partial charge is 0.466 e. The first-order valence-corrected chi connectivity index (χ1v) is 12.7. The van der Waals surface area contributed by atoms with E-state index in [0.717, 1.165) is 27.4 Å². The van der Waals surface area contributed by atoms with Crippen LogP contribution in [0.4, 0.5) is 0 Å². The first kappa shape index (κ1) is 32.7. The summed E-state index contributed by atoms with van der Waals surface area (Å²) in [7, 11) is 4.55. The fourth-order valence-electron chi connectivity index (χ4n) is 3.88. The van der Waals surface area contributed by atoms with Crippen LogP contribution < -0.4 is 0 Å². The zero-order valence-electron chi connectivity index (χ0n) is 25.2. The molecule has 2 rings (SSSR count). The summed E-state index contributed by atoms with van der Waals surface area (Å²) < 4.78 is 25.8. The van der Waals surface area contributed by atoms with E-state index in [4.69, 9.17) is 18.9 Å². The van der Waals surface area contributed by atoms with Gasteiger partial charge >= 0.3 is 23.9 Å². The Bertz CT molecular complexity index is 1270. The number of benzene rings is 1. The van der Waals surface area contributed by atoms with Crippen molar-refractivity contribution >= 4 is 29.6 Å². The lowest BCUT2D eigenvalue weighted by Gasteiger charge is -2.41. The Morgan fingerprint density at radius 3 is 1.59 bits per heavy atom. The van der Waals surface area contributed by atoms with Crippen LogP contribution in [-0.2, 0) is 42.9 Å². The molecule has 0 atom stereocenters. The van der Waals surface area contributed by atoms with Crippen LogP contribution in [0.25, 0.3) is 5.76 Å². The minimum absolute atomic E-state index is 0.199. The molecule has 0 amide bonds. The SMILES string of the molecule is COC(=O)/C=C(/O/C(=C(/C(=O)OC)C(C(=O)OC)=C1N(C(C)(C)C)C=CN1C(C)(C)C)c1ccccc1)C(=O)OC. The molecule has 0 N–H and O–H groups in total. The Morgan fingerprint density at radius 1 is 0.683 bits per heavy atom. The molecule has 0 aliphatic carbocycles. The van der Waals surface area contributed by atoms with Gasteiger partial charge in [0.1, 0.15) is 17.0 Å². The molecule has 0 bridgehead atoms. The van der Waals surface area contributed by atoms with Gasteiger partial charge in [-0.3, -0.25) is 0 Å². The van der Waals surface area contributed by atoms with E-state index in [2.05, 4.69) is 4.74 Å². The summed E-state index contributed by atoms with van der Waals surface area (Å²) >= 11 is 0. The topological polar surface area (TPSA) is 121 Å². The van der Waals surface area contributed by atoms with Gasteiger partial charge in [-0.05, 0) is 41.5 Å². The molecule has 222 valence electrons. The Kier molecular flexibility index (Phi) is 10.5. The van der Waals surface area contributed by atoms with Crippen molar-refractivity contribution in [3.63, 3.8) is 0 Å². The maximum Gasteiger partial charge on any atom is 0.374 e. The van der Waals surface area contributed by atoms with Gasteiger partial charge in [-0.1, -0.05) is 30.3 Å². The van der Waals surface area contributed by atoms with Crippen LogP contribution in [0.2, 0.25) is 0 Å². The number of rotatable bonds is 8. The monoisotopic (exact) mass is 570 g/mol. The standard InChI is InChI=1S/C30H38N2O9/c1-29(2,3)31-16-17-32(30(4,5)6)25(31)23(28(36)40-10)22(27(35)39-9)24(19-14-12-11-13-15-19)41-20(26(34)38-8)18-21(33)37-7/h11-18H,1-10H3/b20-18+,24-22+. The van der Waals surface area contributed by atoms with Crippen LogP contribution >= 0.6 is 0 Å². The Labute approximate surface area is 240 Å². The molecule has 0 unspecified atom stereocenters. The van der Waals surface area contributed by atoms with E-state index in [1.807, 2.05) is 51.3 Å². The minimum atomic E-state index is -1.03. The molecule has 1 aliphatic heterocycles. The van der Waals surface area contributed by atoms with Gasteiger partial charge in [0.05, 0.1) is 34.5 Å². The number of methoxy groups -OCH3 is 4. The second-order valence-corrected chi connectivity index (χ2v) is 10.8. The van der Waals surface area contributed by atoms with E-state index >= 15 is 0 Å². The number of nitrogens with zero attached hydrogens (tertiary/aromatic N) is 2. The van der Waals surface area contributed by atoms with E-state index in [1.165, 1.54) is 7.11 Å². The van der Waals surface area contributed by atoms with Gasteiger partial charge in [0.2, 0.25) is 5.76 Å². The second kappa shape index (κ2) is 13.2. The smallest absolute Gasteiger partial charge is 0.374 e. The van der Waals surface area contributed by atoms with Crippen molar-refractivity contribution in [1.82, 2.24) is 9.80 Å². The van der Waals surface area contributed by atoms with Crippen molar-refractivity contribution in [3.8, 4) is 0 Å². The number of carbonyl (C=O) groups excluding carboxylic acids is 4. The number of carbonyl (C=O) groups is 4. The zero-order valence-corrected chi connectivity index (χ0v) is 25.2. The number of esters is 4. The van der Waals surface area contributed by atoms with Crippen molar-refractivity contribution in [2.45, 2.75) is 52.6 Å². The van der Waals surface area contributed by atoms with E-state index in [-0.39, 0.29) is 22.5 Å². The lowest BCUT2D eigenvalue weighted by molar-refractivity contribution is -0.141. The molecule has 1 heterocycles. The molecule has 0 fully saturated rings. The zero-order chi connectivity index (χ0) is 31.1. The molecular formula is C30H38N2O9. The summed E-state index contributed by atoms with van der Waals surface area (Å²) in [5.74, 6) is -4.34. The first-order chi connectivity index (χ1) is 19.1. The lowest BCUT2D eigenvalue weighted by Crippen LogP contribution is -2.45. The Hall–Kier alpha value is -4.54. The highest BCUT2D eigenvalue weighted by Crippen LogP contribution is 2.40. The fourth-order valence-corrected chi connectivity index (χ4v) is 3.88. The average Bonchev–Trinajstić information content (AvgIpc) is 3.39. The second-order valence-electron chi connectivity index (χ2n) is 10.8. The lowest BCUT2D eigenvalue weighted by atomic mass is 9.96. The molecule has 1 aliphatic rings. The van der Waals surface area contributed by atoms with Crippen molar-refractivity contribution in [3.05, 3.63) is 77.1 Å². The normalized spacial score (nSPS) is 14.3. The Balaban J connectivity index is 3.21. The molecule has 1 aromatic rings. The van der Waals surface area contributed by atoms with Crippen LogP contribution in [0.1, 0.15) is 47.1 Å². The molecule has 41 heavy (non-hydrogen) atoms. The summed E-state index contributed by atoms with van der Waals surface area (Å²) in [6.45, 7) is 11.6. The van der Waals surface area contributed by atoms with Gasteiger partial charge in [0, 0.05) is 29.0 Å². The van der Waals surface area contributed by atoms with Crippen LogP contribution in [0.15, 0.2) is 71.5 Å². The predicted molar refractivity (Wildman–Crippen MR) is 150 cm³/mol. The number of ether oxygens (including phenoxy) is 5.